The number of amides is 1. The Kier molecular flexibility index (Phi) is 3.90. The molecule has 2 unspecified atom stereocenters. The van der Waals surface area contributed by atoms with Crippen molar-refractivity contribution in [1.29, 1.82) is 0 Å². The number of carboxylic acids is 1. The Hall–Kier alpha value is -1.10. The summed E-state index contributed by atoms with van der Waals surface area (Å²) in [6, 6.07) is 0. The topological polar surface area (TPSA) is 69.6 Å². The average Bonchev–Trinajstić information content (AvgIpc) is 2.39. The zero-order valence-electron chi connectivity index (χ0n) is 10.9. The van der Waals surface area contributed by atoms with Crippen molar-refractivity contribution in [1.82, 2.24) is 10.2 Å². The molecule has 102 valence electrons. The fourth-order valence-electron chi connectivity index (χ4n) is 2.92. The van der Waals surface area contributed by atoms with Gasteiger partial charge in [-0.15, -0.1) is 0 Å². The van der Waals surface area contributed by atoms with E-state index in [1.165, 1.54) is 0 Å². The van der Waals surface area contributed by atoms with Crippen LogP contribution in [0.2, 0.25) is 0 Å². The second-order valence-corrected chi connectivity index (χ2v) is 5.77. The molecule has 2 aliphatic heterocycles. The van der Waals surface area contributed by atoms with E-state index in [9.17, 15) is 14.7 Å². The number of rotatable bonds is 2. The number of nitrogens with one attached hydrogen (secondary N) is 1. The molecule has 5 heteroatoms. The Bertz CT molecular complexity index is 339. The minimum atomic E-state index is -0.790. The van der Waals surface area contributed by atoms with Gasteiger partial charge in [0.05, 0.1) is 11.3 Å². The first kappa shape index (κ1) is 13.3. The molecule has 0 aliphatic carbocycles. The summed E-state index contributed by atoms with van der Waals surface area (Å²) in [5, 5.41) is 12.5. The molecule has 2 heterocycles. The fourth-order valence-corrected chi connectivity index (χ4v) is 2.92. The van der Waals surface area contributed by atoms with Gasteiger partial charge in [0.2, 0.25) is 5.91 Å². The predicted octanol–water partition coefficient (Wildman–Crippen LogP) is 0.699. The van der Waals surface area contributed by atoms with E-state index >= 15 is 0 Å². The lowest BCUT2D eigenvalue weighted by atomic mass is 9.81. The molecule has 0 saturated carbocycles. The van der Waals surface area contributed by atoms with Crippen molar-refractivity contribution in [3.05, 3.63) is 0 Å². The number of hydrogen-bond donors (Lipinski definition) is 2. The summed E-state index contributed by atoms with van der Waals surface area (Å²) in [4.78, 5) is 25.4. The normalized spacial score (nSPS) is 33.2. The first-order chi connectivity index (χ1) is 8.53. The standard InChI is InChI=1S/C13H22N2O3/c1-13(12(17)18)5-3-7-15(9-13)11(16)10-4-2-6-14-8-10/h10,14H,2-9H2,1H3,(H,17,18). The van der Waals surface area contributed by atoms with E-state index in [0.717, 1.165) is 32.4 Å². The fraction of sp³-hybridized carbons (Fsp3) is 0.846. The largest absolute Gasteiger partial charge is 0.481 e. The quantitative estimate of drug-likeness (QED) is 0.761. The average molecular weight is 254 g/mol. The highest BCUT2D eigenvalue weighted by molar-refractivity contribution is 5.81. The van der Waals surface area contributed by atoms with Crippen molar-refractivity contribution in [2.24, 2.45) is 11.3 Å². The summed E-state index contributed by atoms with van der Waals surface area (Å²) in [5.74, 6) is -0.619. The number of likely N-dealkylation sites (tertiary alicyclic amines) is 1. The van der Waals surface area contributed by atoms with Crippen LogP contribution in [0.5, 0.6) is 0 Å². The van der Waals surface area contributed by atoms with Crippen LogP contribution < -0.4 is 5.32 Å². The molecule has 2 N–H and O–H groups in total. The Morgan fingerprint density at radius 3 is 2.78 bits per heavy atom. The van der Waals surface area contributed by atoms with Crippen molar-refractivity contribution in [2.75, 3.05) is 26.2 Å². The Labute approximate surface area is 108 Å². The Balaban J connectivity index is 1.99. The van der Waals surface area contributed by atoms with Crippen LogP contribution in [0.1, 0.15) is 32.6 Å². The number of carboxylic acid groups (broad SMARTS) is 1. The van der Waals surface area contributed by atoms with Gasteiger partial charge in [-0.25, -0.2) is 0 Å². The van der Waals surface area contributed by atoms with Gasteiger partial charge in [-0.3, -0.25) is 9.59 Å². The molecular weight excluding hydrogens is 232 g/mol. The smallest absolute Gasteiger partial charge is 0.311 e. The van der Waals surface area contributed by atoms with Gasteiger partial charge < -0.3 is 15.3 Å². The second kappa shape index (κ2) is 5.26. The summed E-state index contributed by atoms with van der Waals surface area (Å²) in [6.45, 7) is 4.53. The van der Waals surface area contributed by atoms with Crippen LogP contribution in [0, 0.1) is 11.3 Å². The monoisotopic (exact) mass is 254 g/mol. The van der Waals surface area contributed by atoms with E-state index in [1.54, 1.807) is 11.8 Å². The number of nitrogens with zero attached hydrogens (tertiary/aromatic N) is 1. The van der Waals surface area contributed by atoms with Gasteiger partial charge in [0.15, 0.2) is 0 Å². The van der Waals surface area contributed by atoms with Crippen LogP contribution in [-0.4, -0.2) is 48.1 Å². The Morgan fingerprint density at radius 2 is 2.17 bits per heavy atom. The van der Waals surface area contributed by atoms with Gasteiger partial charge in [-0.2, -0.15) is 0 Å². The molecule has 0 spiro atoms. The third-order valence-corrected chi connectivity index (χ3v) is 4.17. The molecule has 0 aromatic heterocycles. The van der Waals surface area contributed by atoms with Crippen molar-refractivity contribution in [3.63, 3.8) is 0 Å². The molecular formula is C13H22N2O3. The van der Waals surface area contributed by atoms with Crippen molar-refractivity contribution in [2.45, 2.75) is 32.6 Å². The van der Waals surface area contributed by atoms with Crippen LogP contribution in [0.15, 0.2) is 0 Å². The molecule has 0 aromatic carbocycles. The SMILES string of the molecule is CC1(C(=O)O)CCCN(C(=O)C2CCCNC2)C1. The second-order valence-electron chi connectivity index (χ2n) is 5.77. The lowest BCUT2D eigenvalue weighted by Crippen LogP contribution is -2.51. The number of hydrogen-bond acceptors (Lipinski definition) is 3. The van der Waals surface area contributed by atoms with E-state index in [-0.39, 0.29) is 11.8 Å². The van der Waals surface area contributed by atoms with Crippen LogP contribution in [0.25, 0.3) is 0 Å². The molecule has 0 aromatic rings. The van der Waals surface area contributed by atoms with Crippen molar-refractivity contribution < 1.29 is 14.7 Å². The van der Waals surface area contributed by atoms with Gasteiger partial charge in [-0.05, 0) is 39.2 Å². The molecule has 5 nitrogen and oxygen atoms in total. The van der Waals surface area contributed by atoms with Gasteiger partial charge >= 0.3 is 5.97 Å². The zero-order valence-corrected chi connectivity index (χ0v) is 10.9. The number of carbonyl (C=O) groups excluding carboxylic acids is 1. The summed E-state index contributed by atoms with van der Waals surface area (Å²) in [5.41, 5.74) is -0.768. The first-order valence-corrected chi connectivity index (χ1v) is 6.76. The maximum atomic E-state index is 12.4. The summed E-state index contributed by atoms with van der Waals surface area (Å²) >= 11 is 0. The molecule has 1 amide bonds. The highest BCUT2D eigenvalue weighted by atomic mass is 16.4. The predicted molar refractivity (Wildman–Crippen MR) is 67.2 cm³/mol. The van der Waals surface area contributed by atoms with Crippen LogP contribution in [0.4, 0.5) is 0 Å². The summed E-state index contributed by atoms with van der Waals surface area (Å²) in [7, 11) is 0. The van der Waals surface area contributed by atoms with E-state index in [1.807, 2.05) is 0 Å². The molecule has 2 fully saturated rings. The molecule has 18 heavy (non-hydrogen) atoms. The van der Waals surface area contributed by atoms with Crippen molar-refractivity contribution in [3.8, 4) is 0 Å². The van der Waals surface area contributed by atoms with Gasteiger partial charge in [0.1, 0.15) is 0 Å². The molecule has 0 radical (unpaired) electrons. The summed E-state index contributed by atoms with van der Waals surface area (Å²) in [6.07, 6.45) is 3.40. The minimum Gasteiger partial charge on any atom is -0.481 e. The van der Waals surface area contributed by atoms with E-state index in [0.29, 0.717) is 19.5 Å². The minimum absolute atomic E-state index is 0.0369. The highest BCUT2D eigenvalue weighted by Crippen LogP contribution is 2.30. The van der Waals surface area contributed by atoms with Gasteiger partial charge in [0, 0.05) is 19.6 Å². The van der Waals surface area contributed by atoms with Gasteiger partial charge in [-0.1, -0.05) is 0 Å². The highest BCUT2D eigenvalue weighted by Gasteiger charge is 2.40. The van der Waals surface area contributed by atoms with Crippen LogP contribution in [-0.2, 0) is 9.59 Å². The van der Waals surface area contributed by atoms with E-state index < -0.39 is 11.4 Å². The van der Waals surface area contributed by atoms with Gasteiger partial charge in [0.25, 0.3) is 0 Å². The molecule has 2 saturated heterocycles. The third-order valence-electron chi connectivity index (χ3n) is 4.17. The Morgan fingerprint density at radius 1 is 1.39 bits per heavy atom. The molecule has 2 atom stereocenters. The van der Waals surface area contributed by atoms with Crippen LogP contribution in [0.3, 0.4) is 0 Å². The molecule has 2 rings (SSSR count). The van der Waals surface area contributed by atoms with Crippen LogP contribution >= 0.6 is 0 Å². The maximum Gasteiger partial charge on any atom is 0.311 e. The van der Waals surface area contributed by atoms with E-state index in [2.05, 4.69) is 5.32 Å². The summed E-state index contributed by atoms with van der Waals surface area (Å²) < 4.78 is 0. The zero-order chi connectivity index (χ0) is 13.2. The lowest BCUT2D eigenvalue weighted by molar-refractivity contribution is -0.154. The third kappa shape index (κ3) is 2.66. The lowest BCUT2D eigenvalue weighted by Gasteiger charge is -2.39. The van der Waals surface area contributed by atoms with E-state index in [4.69, 9.17) is 0 Å². The number of piperidine rings is 2. The maximum absolute atomic E-state index is 12.4. The number of carbonyl (C=O) groups is 2. The van der Waals surface area contributed by atoms with Crippen molar-refractivity contribution >= 4 is 11.9 Å². The number of aliphatic carboxylic acids is 1. The first-order valence-electron chi connectivity index (χ1n) is 6.76. The molecule has 2 aliphatic rings. The molecule has 0 bridgehead atoms.